The van der Waals surface area contributed by atoms with Crippen LogP contribution in [0.25, 0.3) is 0 Å². The zero-order chi connectivity index (χ0) is 16.7. The minimum atomic E-state index is 0.0715. The van der Waals surface area contributed by atoms with Crippen molar-refractivity contribution in [1.82, 2.24) is 15.1 Å². The number of hydrogen-bond donors (Lipinski definition) is 0. The number of carbonyl (C=O) groups is 1. The molecule has 1 aliphatic heterocycles. The molecule has 7 heteroatoms. The van der Waals surface area contributed by atoms with Gasteiger partial charge in [0.1, 0.15) is 0 Å². The highest BCUT2D eigenvalue weighted by atomic mass is 35.5. The largest absolute Gasteiger partial charge is 0.428 e. The van der Waals surface area contributed by atoms with E-state index in [1.165, 1.54) is 6.39 Å². The molecule has 2 aliphatic rings. The van der Waals surface area contributed by atoms with E-state index in [9.17, 15) is 4.79 Å². The zero-order valence-electron chi connectivity index (χ0n) is 13.0. The van der Waals surface area contributed by atoms with Gasteiger partial charge in [-0.3, -0.25) is 4.79 Å². The lowest BCUT2D eigenvalue weighted by molar-refractivity contribution is -0.133. The Labute approximate surface area is 149 Å². The average Bonchev–Trinajstić information content (AvgIpc) is 3.21. The van der Waals surface area contributed by atoms with Crippen molar-refractivity contribution >= 4 is 29.1 Å². The Morgan fingerprint density at radius 1 is 1.21 bits per heavy atom. The highest BCUT2D eigenvalue weighted by Gasteiger charge is 2.46. The van der Waals surface area contributed by atoms with Crippen LogP contribution in [0.15, 0.2) is 29.0 Å². The summed E-state index contributed by atoms with van der Waals surface area (Å²) in [6, 6.07) is 5.65. The highest BCUT2D eigenvalue weighted by Crippen LogP contribution is 2.49. The Kier molecular flexibility index (Phi) is 4.22. The second kappa shape index (κ2) is 6.37. The predicted octanol–water partition coefficient (Wildman–Crippen LogP) is 3.89. The van der Waals surface area contributed by atoms with Crippen LogP contribution in [0, 0.1) is 5.92 Å². The van der Waals surface area contributed by atoms with Crippen molar-refractivity contribution in [2.24, 2.45) is 5.92 Å². The van der Waals surface area contributed by atoms with E-state index in [0.717, 1.165) is 37.9 Å². The first kappa shape index (κ1) is 15.9. The number of aromatic nitrogens is 2. The van der Waals surface area contributed by atoms with E-state index in [0.29, 0.717) is 15.9 Å². The quantitative estimate of drug-likeness (QED) is 0.827. The number of hydrogen-bond acceptors (Lipinski definition) is 4. The summed E-state index contributed by atoms with van der Waals surface area (Å²) in [4.78, 5) is 14.7. The lowest BCUT2D eigenvalue weighted by Gasteiger charge is -2.30. The van der Waals surface area contributed by atoms with Gasteiger partial charge in [-0.15, -0.1) is 10.2 Å². The molecule has 1 amide bonds. The fraction of sp³-hybridized carbons (Fsp3) is 0.471. The standard InChI is InChI=1S/C17H17Cl2N3O2/c18-14-2-1-11(7-15(14)19)12-8-13(12)17(23)22-5-3-10(4-6-22)16-21-20-9-24-16/h1-2,7,9-10,12-13H,3-6,8H2/t12-,13+/m0/s1. The maximum atomic E-state index is 12.7. The Morgan fingerprint density at radius 3 is 2.67 bits per heavy atom. The van der Waals surface area contributed by atoms with E-state index < -0.39 is 0 Å². The molecule has 4 rings (SSSR count). The Hall–Kier alpha value is -1.59. The van der Waals surface area contributed by atoms with Gasteiger partial charge in [0.2, 0.25) is 18.2 Å². The molecule has 126 valence electrons. The van der Waals surface area contributed by atoms with Crippen LogP contribution in [0.5, 0.6) is 0 Å². The summed E-state index contributed by atoms with van der Waals surface area (Å²) in [5.41, 5.74) is 1.10. The molecule has 1 aliphatic carbocycles. The number of amides is 1. The van der Waals surface area contributed by atoms with Crippen molar-refractivity contribution < 1.29 is 9.21 Å². The van der Waals surface area contributed by atoms with E-state index in [2.05, 4.69) is 10.2 Å². The van der Waals surface area contributed by atoms with Crippen molar-refractivity contribution in [1.29, 1.82) is 0 Å². The van der Waals surface area contributed by atoms with Gasteiger partial charge in [-0.05, 0) is 42.9 Å². The van der Waals surface area contributed by atoms with Gasteiger partial charge in [0.05, 0.1) is 10.0 Å². The molecule has 1 aromatic carbocycles. The van der Waals surface area contributed by atoms with Crippen molar-refractivity contribution in [3.8, 4) is 0 Å². The van der Waals surface area contributed by atoms with Gasteiger partial charge in [0, 0.05) is 24.9 Å². The third kappa shape index (κ3) is 3.03. The molecule has 1 saturated carbocycles. The summed E-state index contributed by atoms with van der Waals surface area (Å²) >= 11 is 12.0. The van der Waals surface area contributed by atoms with Gasteiger partial charge >= 0.3 is 0 Å². The molecule has 5 nitrogen and oxygen atoms in total. The fourth-order valence-corrected chi connectivity index (χ4v) is 3.83. The Bertz CT molecular complexity index is 742. The molecule has 2 aromatic rings. The maximum Gasteiger partial charge on any atom is 0.226 e. The van der Waals surface area contributed by atoms with Crippen molar-refractivity contribution in [3.63, 3.8) is 0 Å². The minimum Gasteiger partial charge on any atom is -0.428 e. The molecule has 0 N–H and O–H groups in total. The first-order chi connectivity index (χ1) is 11.6. The number of benzene rings is 1. The summed E-state index contributed by atoms with van der Waals surface area (Å²) in [6.07, 6.45) is 4.00. The highest BCUT2D eigenvalue weighted by molar-refractivity contribution is 6.42. The number of halogens is 2. The summed E-state index contributed by atoms with van der Waals surface area (Å²) in [7, 11) is 0. The molecule has 0 spiro atoms. The average molecular weight is 366 g/mol. The predicted molar refractivity (Wildman–Crippen MR) is 90.2 cm³/mol. The molecule has 1 saturated heterocycles. The second-order valence-electron chi connectivity index (χ2n) is 6.50. The van der Waals surface area contributed by atoms with E-state index >= 15 is 0 Å². The molecule has 0 bridgehead atoms. The van der Waals surface area contributed by atoms with Gasteiger partial charge in [-0.25, -0.2) is 0 Å². The van der Waals surface area contributed by atoms with Crippen molar-refractivity contribution in [2.45, 2.75) is 31.1 Å². The van der Waals surface area contributed by atoms with Gasteiger partial charge in [-0.1, -0.05) is 29.3 Å². The topological polar surface area (TPSA) is 59.2 Å². The van der Waals surface area contributed by atoms with Crippen LogP contribution < -0.4 is 0 Å². The number of rotatable bonds is 3. The third-order valence-electron chi connectivity index (χ3n) is 5.01. The van der Waals surface area contributed by atoms with Crippen molar-refractivity contribution in [2.75, 3.05) is 13.1 Å². The first-order valence-electron chi connectivity index (χ1n) is 8.13. The van der Waals surface area contributed by atoms with Crippen LogP contribution in [0.1, 0.15) is 42.6 Å². The molecule has 0 unspecified atom stereocenters. The smallest absolute Gasteiger partial charge is 0.226 e. The summed E-state index contributed by atoms with van der Waals surface area (Å²) in [5, 5.41) is 8.81. The van der Waals surface area contributed by atoms with E-state index in [1.807, 2.05) is 17.0 Å². The van der Waals surface area contributed by atoms with Gasteiger partial charge < -0.3 is 9.32 Å². The normalized spacial score (nSPS) is 24.2. The van der Waals surface area contributed by atoms with Gasteiger partial charge in [-0.2, -0.15) is 0 Å². The minimum absolute atomic E-state index is 0.0715. The van der Waals surface area contributed by atoms with Gasteiger partial charge in [0.15, 0.2) is 0 Å². The Morgan fingerprint density at radius 2 is 2.00 bits per heavy atom. The molecule has 2 atom stereocenters. The number of carbonyl (C=O) groups excluding carboxylic acids is 1. The van der Waals surface area contributed by atoms with Crippen molar-refractivity contribution in [3.05, 3.63) is 46.1 Å². The molecular weight excluding hydrogens is 349 g/mol. The van der Waals surface area contributed by atoms with Crippen LogP contribution in [-0.2, 0) is 4.79 Å². The van der Waals surface area contributed by atoms with E-state index in [4.69, 9.17) is 27.6 Å². The number of likely N-dealkylation sites (tertiary alicyclic amines) is 1. The van der Waals surface area contributed by atoms with Crippen LogP contribution in [0.2, 0.25) is 10.0 Å². The maximum absolute atomic E-state index is 12.7. The second-order valence-corrected chi connectivity index (χ2v) is 7.31. The summed E-state index contributed by atoms with van der Waals surface area (Å²) in [6.45, 7) is 1.49. The van der Waals surface area contributed by atoms with E-state index in [1.54, 1.807) is 6.07 Å². The molecular formula is C17H17Cl2N3O2. The lowest BCUT2D eigenvalue weighted by Crippen LogP contribution is -2.39. The summed E-state index contributed by atoms with van der Waals surface area (Å²) in [5.74, 6) is 1.53. The SMILES string of the molecule is O=C([C@@H]1C[C@H]1c1ccc(Cl)c(Cl)c1)N1CCC(c2nnco2)CC1. The Balaban J connectivity index is 1.35. The monoisotopic (exact) mass is 365 g/mol. The summed E-state index contributed by atoms with van der Waals surface area (Å²) < 4.78 is 5.28. The fourth-order valence-electron chi connectivity index (χ4n) is 3.52. The molecule has 0 radical (unpaired) electrons. The zero-order valence-corrected chi connectivity index (χ0v) is 14.5. The molecule has 2 heterocycles. The number of piperidine rings is 1. The lowest BCUT2D eigenvalue weighted by atomic mass is 9.96. The number of nitrogens with zero attached hydrogens (tertiary/aromatic N) is 3. The first-order valence-corrected chi connectivity index (χ1v) is 8.89. The molecule has 1 aromatic heterocycles. The van der Waals surface area contributed by atoms with Crippen LogP contribution in [0.3, 0.4) is 0 Å². The van der Waals surface area contributed by atoms with Crippen LogP contribution >= 0.6 is 23.2 Å². The van der Waals surface area contributed by atoms with E-state index in [-0.39, 0.29) is 23.7 Å². The van der Waals surface area contributed by atoms with Crippen LogP contribution in [0.4, 0.5) is 0 Å². The molecule has 2 fully saturated rings. The molecule has 24 heavy (non-hydrogen) atoms. The third-order valence-corrected chi connectivity index (χ3v) is 5.75. The van der Waals surface area contributed by atoms with Crippen LogP contribution in [-0.4, -0.2) is 34.1 Å². The van der Waals surface area contributed by atoms with Gasteiger partial charge in [0.25, 0.3) is 0 Å².